The Kier molecular flexibility index (Phi) is 7.99. The number of rotatable bonds is 9. The molecule has 0 spiro atoms. The summed E-state index contributed by atoms with van der Waals surface area (Å²) in [6.07, 6.45) is 1.00. The van der Waals surface area contributed by atoms with E-state index in [1.54, 1.807) is 0 Å². The van der Waals surface area contributed by atoms with E-state index in [1.807, 2.05) is 38.2 Å². The maximum atomic E-state index is 12.1. The maximum Gasteiger partial charge on any atom is 0.405 e. The van der Waals surface area contributed by atoms with Crippen molar-refractivity contribution in [3.05, 3.63) is 35.4 Å². The molecule has 0 fully saturated rings. The van der Waals surface area contributed by atoms with Crippen molar-refractivity contribution >= 4 is 12.0 Å². The Morgan fingerprint density at radius 2 is 1.86 bits per heavy atom. The van der Waals surface area contributed by atoms with E-state index >= 15 is 0 Å². The molecule has 0 aliphatic heterocycles. The molecule has 22 heavy (non-hydrogen) atoms. The quantitative estimate of drug-likeness (QED) is 0.522. The molecule has 6 heteroatoms. The van der Waals surface area contributed by atoms with Crippen LogP contribution < -0.4 is 16.0 Å². The van der Waals surface area contributed by atoms with Crippen molar-refractivity contribution in [2.24, 2.45) is 0 Å². The molecule has 0 radical (unpaired) electrons. The zero-order chi connectivity index (χ0) is 16.4. The van der Waals surface area contributed by atoms with Crippen LogP contribution in [0.2, 0.25) is 0 Å². The molecule has 122 valence electrons. The molecule has 0 unspecified atom stereocenters. The maximum absolute atomic E-state index is 12.1. The van der Waals surface area contributed by atoms with Gasteiger partial charge < -0.3 is 21.1 Å². The van der Waals surface area contributed by atoms with Crippen LogP contribution in [0.5, 0.6) is 0 Å². The van der Waals surface area contributed by atoms with Gasteiger partial charge in [-0.25, -0.2) is 4.79 Å². The molecular weight excluding hydrogens is 282 g/mol. The molecule has 0 aromatic heterocycles. The number of carbonyl (C=O) groups excluding carboxylic acids is 1. The van der Waals surface area contributed by atoms with Crippen LogP contribution in [0.4, 0.5) is 4.79 Å². The lowest BCUT2D eigenvalue weighted by Gasteiger charge is -2.16. The molecular formula is C16H25N3O3. The van der Waals surface area contributed by atoms with Crippen molar-refractivity contribution in [2.45, 2.75) is 38.8 Å². The first kappa shape index (κ1) is 18.0. The van der Waals surface area contributed by atoms with Crippen LogP contribution in [0.15, 0.2) is 24.3 Å². The minimum absolute atomic E-state index is 0.285. The van der Waals surface area contributed by atoms with E-state index in [9.17, 15) is 9.59 Å². The van der Waals surface area contributed by atoms with E-state index in [4.69, 9.17) is 5.11 Å². The minimum atomic E-state index is -1.18. The van der Waals surface area contributed by atoms with E-state index in [1.165, 1.54) is 0 Å². The summed E-state index contributed by atoms with van der Waals surface area (Å²) in [5.41, 5.74) is 2.15. The SMILES string of the molecule is CNCCCC[C@H](NC(=O)O)C(=O)NCc1ccc(C)cc1. The Hall–Kier alpha value is -2.08. The smallest absolute Gasteiger partial charge is 0.405 e. The monoisotopic (exact) mass is 307 g/mol. The molecule has 6 nitrogen and oxygen atoms in total. The van der Waals surface area contributed by atoms with Crippen LogP contribution in [-0.2, 0) is 11.3 Å². The molecule has 0 bridgehead atoms. The van der Waals surface area contributed by atoms with Crippen molar-refractivity contribution in [3.8, 4) is 0 Å². The summed E-state index contributed by atoms with van der Waals surface area (Å²) in [4.78, 5) is 22.9. The second-order valence-electron chi connectivity index (χ2n) is 5.30. The van der Waals surface area contributed by atoms with E-state index in [-0.39, 0.29) is 5.91 Å². The van der Waals surface area contributed by atoms with Gasteiger partial charge in [-0.2, -0.15) is 0 Å². The van der Waals surface area contributed by atoms with Gasteiger partial charge in [-0.1, -0.05) is 29.8 Å². The van der Waals surface area contributed by atoms with Gasteiger partial charge in [-0.3, -0.25) is 4.79 Å². The third-order valence-electron chi connectivity index (χ3n) is 3.37. The fraction of sp³-hybridized carbons (Fsp3) is 0.500. The van der Waals surface area contributed by atoms with Crippen molar-refractivity contribution in [2.75, 3.05) is 13.6 Å². The first-order valence-electron chi connectivity index (χ1n) is 7.50. The highest BCUT2D eigenvalue weighted by Crippen LogP contribution is 2.04. The summed E-state index contributed by atoms with van der Waals surface area (Å²) in [5, 5.41) is 16.9. The standard InChI is InChI=1S/C16H25N3O3/c1-12-6-8-13(9-7-12)11-18-15(20)14(19-16(21)22)5-3-4-10-17-2/h6-9,14,17,19H,3-5,10-11H2,1-2H3,(H,18,20)(H,21,22)/t14-/m0/s1. The molecule has 0 heterocycles. The van der Waals surface area contributed by atoms with Crippen LogP contribution in [0, 0.1) is 6.92 Å². The molecule has 0 aliphatic carbocycles. The van der Waals surface area contributed by atoms with Gasteiger partial charge in [0.25, 0.3) is 0 Å². The number of amides is 2. The Morgan fingerprint density at radius 3 is 2.45 bits per heavy atom. The summed E-state index contributed by atoms with van der Waals surface area (Å²) >= 11 is 0. The van der Waals surface area contributed by atoms with E-state index in [2.05, 4.69) is 16.0 Å². The average molecular weight is 307 g/mol. The van der Waals surface area contributed by atoms with Crippen molar-refractivity contribution in [3.63, 3.8) is 0 Å². The topological polar surface area (TPSA) is 90.5 Å². The normalized spacial score (nSPS) is 11.7. The summed E-state index contributed by atoms with van der Waals surface area (Å²) < 4.78 is 0. The van der Waals surface area contributed by atoms with Crippen LogP contribution in [0.3, 0.4) is 0 Å². The fourth-order valence-electron chi connectivity index (χ4n) is 2.09. The summed E-state index contributed by atoms with van der Waals surface area (Å²) in [7, 11) is 1.86. The number of unbranched alkanes of at least 4 members (excludes halogenated alkanes) is 1. The van der Waals surface area contributed by atoms with Gasteiger partial charge >= 0.3 is 6.09 Å². The number of aryl methyl sites for hydroxylation is 1. The molecule has 1 aromatic rings. The molecule has 0 aliphatic rings. The largest absolute Gasteiger partial charge is 0.465 e. The van der Waals surface area contributed by atoms with Crippen molar-refractivity contribution in [1.29, 1.82) is 0 Å². The van der Waals surface area contributed by atoms with Crippen molar-refractivity contribution in [1.82, 2.24) is 16.0 Å². The second-order valence-corrected chi connectivity index (χ2v) is 5.30. The van der Waals surface area contributed by atoms with Gasteiger partial charge in [0, 0.05) is 6.54 Å². The van der Waals surface area contributed by atoms with Crippen LogP contribution in [0.25, 0.3) is 0 Å². The number of carboxylic acid groups (broad SMARTS) is 1. The lowest BCUT2D eigenvalue weighted by Crippen LogP contribution is -2.46. The van der Waals surface area contributed by atoms with Gasteiger partial charge in [0.2, 0.25) is 5.91 Å². The first-order chi connectivity index (χ1) is 10.5. The van der Waals surface area contributed by atoms with E-state index in [0.717, 1.165) is 30.5 Å². The van der Waals surface area contributed by atoms with Crippen molar-refractivity contribution < 1.29 is 14.7 Å². The Bertz CT molecular complexity index is 474. The average Bonchev–Trinajstić information content (AvgIpc) is 2.49. The second kappa shape index (κ2) is 9.78. The number of hydrogen-bond donors (Lipinski definition) is 4. The predicted molar refractivity (Wildman–Crippen MR) is 85.8 cm³/mol. The number of hydrogen-bond acceptors (Lipinski definition) is 3. The molecule has 2 amide bonds. The van der Waals surface area contributed by atoms with Gasteiger partial charge in [0.05, 0.1) is 0 Å². The molecule has 0 saturated carbocycles. The van der Waals surface area contributed by atoms with Crippen LogP contribution >= 0.6 is 0 Å². The van der Waals surface area contributed by atoms with Gasteiger partial charge in [0.15, 0.2) is 0 Å². The first-order valence-corrected chi connectivity index (χ1v) is 7.50. The third-order valence-corrected chi connectivity index (χ3v) is 3.37. The lowest BCUT2D eigenvalue weighted by atomic mass is 10.1. The van der Waals surface area contributed by atoms with E-state index < -0.39 is 12.1 Å². The Labute approximate surface area is 131 Å². The number of benzene rings is 1. The highest BCUT2D eigenvalue weighted by molar-refractivity contribution is 5.85. The minimum Gasteiger partial charge on any atom is -0.465 e. The zero-order valence-corrected chi connectivity index (χ0v) is 13.2. The highest BCUT2D eigenvalue weighted by atomic mass is 16.4. The molecule has 1 atom stereocenters. The lowest BCUT2D eigenvalue weighted by molar-refractivity contribution is -0.123. The predicted octanol–water partition coefficient (Wildman–Crippen LogP) is 1.64. The molecule has 0 saturated heterocycles. The summed E-state index contributed by atoms with van der Waals surface area (Å²) in [6.45, 7) is 3.25. The Balaban J connectivity index is 2.47. The number of nitrogens with one attached hydrogen (secondary N) is 3. The highest BCUT2D eigenvalue weighted by Gasteiger charge is 2.19. The van der Waals surface area contributed by atoms with Gasteiger partial charge in [-0.05, 0) is 45.3 Å². The van der Waals surface area contributed by atoms with E-state index in [0.29, 0.717) is 13.0 Å². The van der Waals surface area contributed by atoms with Crippen LogP contribution in [0.1, 0.15) is 30.4 Å². The summed E-state index contributed by atoms with van der Waals surface area (Å²) in [5.74, 6) is -0.285. The number of carbonyl (C=O) groups is 2. The Morgan fingerprint density at radius 1 is 1.18 bits per heavy atom. The zero-order valence-electron chi connectivity index (χ0n) is 13.2. The van der Waals surface area contributed by atoms with Gasteiger partial charge in [-0.15, -0.1) is 0 Å². The molecule has 1 aromatic carbocycles. The van der Waals surface area contributed by atoms with Gasteiger partial charge in [0.1, 0.15) is 6.04 Å². The third kappa shape index (κ3) is 7.08. The molecule has 1 rings (SSSR count). The summed E-state index contributed by atoms with van der Waals surface area (Å²) in [6, 6.07) is 7.14. The van der Waals surface area contributed by atoms with Crippen LogP contribution in [-0.4, -0.2) is 36.7 Å². The fourth-order valence-corrected chi connectivity index (χ4v) is 2.09. The molecule has 4 N–H and O–H groups in total.